The van der Waals surface area contributed by atoms with E-state index in [-0.39, 0.29) is 38.0 Å². The molecule has 2 rings (SSSR count). The van der Waals surface area contributed by atoms with Gasteiger partial charge >= 0.3 is 6.18 Å². The van der Waals surface area contributed by atoms with E-state index in [4.69, 9.17) is 11.6 Å². The van der Waals surface area contributed by atoms with Crippen LogP contribution in [-0.4, -0.2) is 55.6 Å². The van der Waals surface area contributed by atoms with Crippen molar-refractivity contribution in [3.63, 3.8) is 0 Å². The number of sulfonamides is 1. The zero-order chi connectivity index (χ0) is 17.3. The summed E-state index contributed by atoms with van der Waals surface area (Å²) >= 11 is 5.44. The number of halogens is 4. The number of alkyl halides is 4. The second-order valence-corrected chi connectivity index (χ2v) is 7.15. The molecule has 1 aliphatic heterocycles. The van der Waals surface area contributed by atoms with E-state index < -0.39 is 26.7 Å². The number of benzene rings is 1. The van der Waals surface area contributed by atoms with Gasteiger partial charge in [0.05, 0.1) is 10.5 Å². The minimum absolute atomic E-state index is 0.0151. The molecule has 0 spiro atoms. The van der Waals surface area contributed by atoms with Gasteiger partial charge < -0.3 is 4.90 Å². The number of hydrogen-bond donors (Lipinski definition) is 0. The third-order valence-electron chi connectivity index (χ3n) is 3.50. The Morgan fingerprint density at radius 3 is 2.30 bits per heavy atom. The van der Waals surface area contributed by atoms with Gasteiger partial charge in [-0.15, -0.1) is 11.6 Å². The molecule has 0 aromatic heterocycles. The van der Waals surface area contributed by atoms with Crippen molar-refractivity contribution < 1.29 is 26.4 Å². The van der Waals surface area contributed by atoms with Gasteiger partial charge in [0.2, 0.25) is 15.9 Å². The summed E-state index contributed by atoms with van der Waals surface area (Å²) in [7, 11) is -4.04. The maximum absolute atomic E-state index is 12.7. The van der Waals surface area contributed by atoms with E-state index in [2.05, 4.69) is 0 Å². The summed E-state index contributed by atoms with van der Waals surface area (Å²) in [6.45, 7) is 0.343. The molecule has 0 radical (unpaired) electrons. The minimum Gasteiger partial charge on any atom is -0.339 e. The highest BCUT2D eigenvalue weighted by Gasteiger charge is 2.34. The van der Waals surface area contributed by atoms with Gasteiger partial charge in [-0.2, -0.15) is 17.5 Å². The third-order valence-corrected chi connectivity index (χ3v) is 5.63. The van der Waals surface area contributed by atoms with Crippen molar-refractivity contribution in [2.45, 2.75) is 11.1 Å². The van der Waals surface area contributed by atoms with Gasteiger partial charge in [-0.05, 0) is 18.2 Å². The zero-order valence-corrected chi connectivity index (χ0v) is 13.5. The van der Waals surface area contributed by atoms with Crippen LogP contribution in [0.25, 0.3) is 0 Å². The minimum atomic E-state index is -4.61. The summed E-state index contributed by atoms with van der Waals surface area (Å²) in [6, 6.07) is 3.62. The molecule has 0 saturated carbocycles. The van der Waals surface area contributed by atoms with Crippen LogP contribution in [0.1, 0.15) is 5.56 Å². The van der Waals surface area contributed by atoms with Crippen molar-refractivity contribution in [2.75, 3.05) is 32.1 Å². The van der Waals surface area contributed by atoms with Gasteiger partial charge in [0.15, 0.2) is 0 Å². The Balaban J connectivity index is 2.19. The van der Waals surface area contributed by atoms with Crippen LogP contribution >= 0.6 is 11.6 Å². The summed E-state index contributed by atoms with van der Waals surface area (Å²) in [4.78, 5) is 12.5. The largest absolute Gasteiger partial charge is 0.416 e. The SMILES string of the molecule is O=C(CCl)N1CCN(S(=O)(=O)c2cccc(C(F)(F)F)c2)CC1. The van der Waals surface area contributed by atoms with Crippen molar-refractivity contribution >= 4 is 27.5 Å². The fourth-order valence-electron chi connectivity index (χ4n) is 2.24. The molecule has 23 heavy (non-hydrogen) atoms. The molecule has 1 heterocycles. The lowest BCUT2D eigenvalue weighted by molar-refractivity contribution is -0.137. The fraction of sp³-hybridized carbons (Fsp3) is 0.462. The van der Waals surface area contributed by atoms with Crippen molar-refractivity contribution in [2.24, 2.45) is 0 Å². The van der Waals surface area contributed by atoms with Crippen LogP contribution in [0, 0.1) is 0 Å². The highest BCUT2D eigenvalue weighted by atomic mass is 35.5. The Hall–Kier alpha value is -1.32. The molecular formula is C13H14ClF3N2O3S. The maximum atomic E-state index is 12.7. The summed E-state index contributed by atoms with van der Waals surface area (Å²) in [5.74, 6) is -0.497. The van der Waals surface area contributed by atoms with E-state index in [1.807, 2.05) is 0 Å². The van der Waals surface area contributed by atoms with Gasteiger partial charge in [0.25, 0.3) is 0 Å². The second kappa shape index (κ2) is 6.66. The predicted molar refractivity (Wildman–Crippen MR) is 77.5 cm³/mol. The Bertz CT molecular complexity index is 686. The first-order valence-electron chi connectivity index (χ1n) is 6.67. The summed E-state index contributed by atoms with van der Waals surface area (Å²) in [5.41, 5.74) is -1.02. The number of amides is 1. The van der Waals surface area contributed by atoms with Crippen LogP contribution in [0.2, 0.25) is 0 Å². The second-order valence-electron chi connectivity index (χ2n) is 4.94. The highest BCUT2D eigenvalue weighted by Crippen LogP contribution is 2.31. The van der Waals surface area contributed by atoms with E-state index in [9.17, 15) is 26.4 Å². The van der Waals surface area contributed by atoms with Crippen LogP contribution in [-0.2, 0) is 21.0 Å². The molecule has 1 aromatic rings. The Labute approximate surface area is 136 Å². The normalized spacial score (nSPS) is 17.3. The molecule has 5 nitrogen and oxygen atoms in total. The van der Waals surface area contributed by atoms with Crippen molar-refractivity contribution in [3.8, 4) is 0 Å². The molecule has 0 bridgehead atoms. The quantitative estimate of drug-likeness (QED) is 0.762. The highest BCUT2D eigenvalue weighted by molar-refractivity contribution is 7.89. The number of nitrogens with zero attached hydrogens (tertiary/aromatic N) is 2. The summed E-state index contributed by atoms with van der Waals surface area (Å²) in [6.07, 6.45) is -4.61. The fourth-order valence-corrected chi connectivity index (χ4v) is 3.88. The monoisotopic (exact) mass is 370 g/mol. The van der Waals surface area contributed by atoms with Crippen LogP contribution < -0.4 is 0 Å². The van der Waals surface area contributed by atoms with Crippen molar-refractivity contribution in [1.29, 1.82) is 0 Å². The average molecular weight is 371 g/mol. The number of piperazine rings is 1. The number of carbonyl (C=O) groups is 1. The van der Waals surface area contributed by atoms with Crippen molar-refractivity contribution in [3.05, 3.63) is 29.8 Å². The Morgan fingerprint density at radius 1 is 1.17 bits per heavy atom. The molecule has 0 unspecified atom stereocenters. The Morgan fingerprint density at radius 2 is 1.78 bits per heavy atom. The zero-order valence-electron chi connectivity index (χ0n) is 11.9. The molecule has 128 valence electrons. The molecule has 1 amide bonds. The molecule has 1 aliphatic rings. The van der Waals surface area contributed by atoms with E-state index in [1.165, 1.54) is 4.90 Å². The molecule has 1 saturated heterocycles. The lowest BCUT2D eigenvalue weighted by Crippen LogP contribution is -2.50. The van der Waals surface area contributed by atoms with Gasteiger partial charge in [0.1, 0.15) is 5.88 Å². The van der Waals surface area contributed by atoms with Gasteiger partial charge in [-0.3, -0.25) is 4.79 Å². The molecule has 1 aromatic carbocycles. The van der Waals surface area contributed by atoms with E-state index in [1.54, 1.807) is 0 Å². The molecule has 10 heteroatoms. The molecule has 0 N–H and O–H groups in total. The topological polar surface area (TPSA) is 57.7 Å². The van der Waals surface area contributed by atoms with Crippen molar-refractivity contribution in [1.82, 2.24) is 9.21 Å². The number of carbonyl (C=O) groups excluding carboxylic acids is 1. The predicted octanol–water partition coefficient (Wildman–Crippen LogP) is 1.78. The van der Waals surface area contributed by atoms with E-state index in [0.717, 1.165) is 22.5 Å². The molecule has 1 fully saturated rings. The smallest absolute Gasteiger partial charge is 0.339 e. The Kier molecular flexibility index (Phi) is 5.22. The number of hydrogen-bond acceptors (Lipinski definition) is 3. The van der Waals surface area contributed by atoms with E-state index >= 15 is 0 Å². The van der Waals surface area contributed by atoms with E-state index in [0.29, 0.717) is 6.07 Å². The van der Waals surface area contributed by atoms with Crippen LogP contribution in [0.5, 0.6) is 0 Å². The third kappa shape index (κ3) is 3.96. The van der Waals surface area contributed by atoms with Gasteiger partial charge in [-0.25, -0.2) is 8.42 Å². The molecule has 0 aliphatic carbocycles. The molecular weight excluding hydrogens is 357 g/mol. The van der Waals surface area contributed by atoms with Crippen LogP contribution in [0.3, 0.4) is 0 Å². The first-order valence-corrected chi connectivity index (χ1v) is 8.65. The summed E-state index contributed by atoms with van der Waals surface area (Å²) < 4.78 is 64.1. The van der Waals surface area contributed by atoms with Gasteiger partial charge in [0, 0.05) is 26.2 Å². The molecule has 0 atom stereocenters. The summed E-state index contributed by atoms with van der Waals surface area (Å²) in [5, 5.41) is 0. The van der Waals surface area contributed by atoms with Gasteiger partial charge in [-0.1, -0.05) is 6.07 Å². The van der Waals surface area contributed by atoms with Crippen LogP contribution in [0.4, 0.5) is 13.2 Å². The standard InChI is InChI=1S/C13H14ClF3N2O3S/c14-9-12(20)18-4-6-19(7-5-18)23(21,22)11-3-1-2-10(8-11)13(15,16)17/h1-3,8H,4-7,9H2. The number of rotatable bonds is 3. The van der Waals surface area contributed by atoms with Crippen LogP contribution in [0.15, 0.2) is 29.2 Å². The first-order chi connectivity index (χ1) is 10.7. The lowest BCUT2D eigenvalue weighted by Gasteiger charge is -2.33. The lowest BCUT2D eigenvalue weighted by atomic mass is 10.2. The first kappa shape index (κ1) is 18.0. The maximum Gasteiger partial charge on any atom is 0.416 e. The average Bonchev–Trinajstić information content (AvgIpc) is 2.53.